The van der Waals surface area contributed by atoms with Gasteiger partial charge in [0.15, 0.2) is 0 Å². The van der Waals surface area contributed by atoms with Crippen molar-refractivity contribution in [2.45, 2.75) is 30.6 Å². The van der Waals surface area contributed by atoms with E-state index in [0.717, 1.165) is 30.6 Å². The van der Waals surface area contributed by atoms with E-state index in [-0.39, 0.29) is 6.61 Å². The van der Waals surface area contributed by atoms with E-state index in [2.05, 4.69) is 0 Å². The molecule has 0 heterocycles. The lowest BCUT2D eigenvalue weighted by molar-refractivity contribution is 0.283. The average molecular weight is 241 g/mol. The molecule has 16 heavy (non-hydrogen) atoms. The van der Waals surface area contributed by atoms with Crippen LogP contribution in [0.2, 0.25) is 0 Å². The predicted octanol–water partition coefficient (Wildman–Crippen LogP) is 1.93. The molecular weight excluding hydrogens is 222 g/mol. The molecule has 3 nitrogen and oxygen atoms in total. The van der Waals surface area contributed by atoms with Gasteiger partial charge in [0.2, 0.25) is 0 Å². The van der Waals surface area contributed by atoms with E-state index in [4.69, 9.17) is 10.8 Å². The highest BCUT2D eigenvalue weighted by atomic mass is 32.2. The molecule has 0 fully saturated rings. The molecule has 0 spiro atoms. The molecule has 1 aromatic rings. The van der Waals surface area contributed by atoms with Crippen molar-refractivity contribution in [2.75, 3.05) is 18.1 Å². The zero-order chi connectivity index (χ0) is 11.8. The minimum Gasteiger partial charge on any atom is -0.399 e. The monoisotopic (exact) mass is 241 g/mol. The van der Waals surface area contributed by atoms with Crippen LogP contribution in [0.1, 0.15) is 25.7 Å². The van der Waals surface area contributed by atoms with Crippen molar-refractivity contribution in [1.82, 2.24) is 0 Å². The smallest absolute Gasteiger partial charge is 0.0530 e. The Morgan fingerprint density at radius 2 is 1.94 bits per heavy atom. The van der Waals surface area contributed by atoms with Crippen molar-refractivity contribution in [3.63, 3.8) is 0 Å². The Kier molecular flexibility index (Phi) is 6.11. The molecule has 0 aliphatic heterocycles. The van der Waals surface area contributed by atoms with Crippen molar-refractivity contribution in [3.8, 4) is 0 Å². The summed E-state index contributed by atoms with van der Waals surface area (Å²) >= 11 is 0. The third kappa shape index (κ3) is 4.77. The van der Waals surface area contributed by atoms with Crippen LogP contribution in [-0.4, -0.2) is 21.7 Å². The highest BCUT2D eigenvalue weighted by Crippen LogP contribution is 2.12. The number of benzene rings is 1. The van der Waals surface area contributed by atoms with E-state index in [0.29, 0.717) is 11.4 Å². The molecule has 0 saturated carbocycles. The fourth-order valence-corrected chi connectivity index (χ4v) is 2.67. The number of aliphatic hydroxyl groups excluding tert-OH is 1. The molecule has 0 aliphatic carbocycles. The van der Waals surface area contributed by atoms with E-state index < -0.39 is 10.8 Å². The number of rotatable bonds is 7. The number of unbranched alkanes of at least 4 members (excludes halogenated alkanes) is 3. The van der Waals surface area contributed by atoms with Crippen molar-refractivity contribution in [3.05, 3.63) is 24.3 Å². The standard InChI is InChI=1S/C12H19NO2S/c13-11-6-5-7-12(10-11)16(15)9-4-2-1-3-8-14/h5-7,10,14H,1-4,8-9,13H2. The van der Waals surface area contributed by atoms with E-state index in [1.54, 1.807) is 12.1 Å². The molecule has 3 N–H and O–H groups in total. The van der Waals surface area contributed by atoms with Gasteiger partial charge >= 0.3 is 0 Å². The van der Waals surface area contributed by atoms with Crippen LogP contribution in [0.4, 0.5) is 5.69 Å². The van der Waals surface area contributed by atoms with Crippen LogP contribution in [0.15, 0.2) is 29.2 Å². The summed E-state index contributed by atoms with van der Waals surface area (Å²) in [5.74, 6) is 0.675. The third-order valence-corrected chi connectivity index (χ3v) is 3.80. The van der Waals surface area contributed by atoms with Crippen LogP contribution in [-0.2, 0) is 10.8 Å². The maximum atomic E-state index is 11.8. The first-order valence-corrected chi connectivity index (χ1v) is 6.90. The molecule has 0 saturated heterocycles. The van der Waals surface area contributed by atoms with Crippen molar-refractivity contribution in [1.29, 1.82) is 0 Å². The molecule has 1 unspecified atom stereocenters. The highest BCUT2D eigenvalue weighted by molar-refractivity contribution is 7.85. The first-order chi connectivity index (χ1) is 7.74. The van der Waals surface area contributed by atoms with Crippen molar-refractivity contribution in [2.24, 2.45) is 0 Å². The first kappa shape index (κ1) is 13.2. The summed E-state index contributed by atoms with van der Waals surface area (Å²) in [7, 11) is -0.942. The van der Waals surface area contributed by atoms with Gasteiger partial charge in [-0.15, -0.1) is 0 Å². The minimum atomic E-state index is -0.942. The van der Waals surface area contributed by atoms with E-state index in [1.807, 2.05) is 12.1 Å². The van der Waals surface area contributed by atoms with Gasteiger partial charge in [0.05, 0.1) is 10.8 Å². The second-order valence-electron chi connectivity index (χ2n) is 3.76. The van der Waals surface area contributed by atoms with Crippen LogP contribution in [0.25, 0.3) is 0 Å². The van der Waals surface area contributed by atoms with Gasteiger partial charge in [-0.3, -0.25) is 4.21 Å². The molecular formula is C12H19NO2S. The SMILES string of the molecule is Nc1cccc(S(=O)CCCCCCO)c1. The Morgan fingerprint density at radius 3 is 2.62 bits per heavy atom. The predicted molar refractivity (Wildman–Crippen MR) is 67.7 cm³/mol. The zero-order valence-electron chi connectivity index (χ0n) is 9.39. The summed E-state index contributed by atoms with van der Waals surface area (Å²) in [4.78, 5) is 0.808. The number of nitrogen functional groups attached to an aromatic ring is 1. The van der Waals surface area contributed by atoms with Gasteiger partial charge in [0.1, 0.15) is 0 Å². The third-order valence-electron chi connectivity index (χ3n) is 2.36. The minimum absolute atomic E-state index is 0.248. The van der Waals surface area contributed by atoms with Gasteiger partial charge < -0.3 is 10.8 Å². The van der Waals surface area contributed by atoms with Gasteiger partial charge in [0, 0.05) is 22.9 Å². The molecule has 1 aromatic carbocycles. The number of nitrogens with two attached hydrogens (primary N) is 1. The van der Waals surface area contributed by atoms with Crippen LogP contribution < -0.4 is 5.73 Å². The summed E-state index contributed by atoms with van der Waals surface area (Å²) in [6.45, 7) is 0.248. The van der Waals surface area contributed by atoms with Crippen molar-refractivity contribution >= 4 is 16.5 Å². The van der Waals surface area contributed by atoms with Gasteiger partial charge in [-0.1, -0.05) is 18.9 Å². The summed E-state index contributed by atoms with van der Waals surface area (Å²) < 4.78 is 11.8. The van der Waals surface area contributed by atoms with Crippen LogP contribution in [0, 0.1) is 0 Å². The normalized spacial score (nSPS) is 12.6. The quantitative estimate of drug-likeness (QED) is 0.566. The van der Waals surface area contributed by atoms with Crippen LogP contribution in [0.5, 0.6) is 0 Å². The summed E-state index contributed by atoms with van der Waals surface area (Å²) in [5.41, 5.74) is 6.29. The lowest BCUT2D eigenvalue weighted by Crippen LogP contribution is -1.99. The van der Waals surface area contributed by atoms with Gasteiger partial charge in [-0.2, -0.15) is 0 Å². The van der Waals surface area contributed by atoms with Crippen molar-refractivity contribution < 1.29 is 9.32 Å². The van der Waals surface area contributed by atoms with Gasteiger partial charge in [0.25, 0.3) is 0 Å². The number of aliphatic hydroxyl groups is 1. The average Bonchev–Trinajstić information content (AvgIpc) is 2.28. The molecule has 1 atom stereocenters. The lowest BCUT2D eigenvalue weighted by Gasteiger charge is -2.03. The van der Waals surface area contributed by atoms with Crippen LogP contribution in [0.3, 0.4) is 0 Å². The number of hydrogen-bond donors (Lipinski definition) is 2. The second-order valence-corrected chi connectivity index (χ2v) is 5.33. The molecule has 0 aromatic heterocycles. The molecule has 1 rings (SSSR count). The molecule has 90 valence electrons. The maximum absolute atomic E-state index is 11.8. The maximum Gasteiger partial charge on any atom is 0.0530 e. The largest absolute Gasteiger partial charge is 0.399 e. The Hall–Kier alpha value is -0.870. The summed E-state index contributed by atoms with van der Waals surface area (Å²) in [5, 5.41) is 8.61. The van der Waals surface area contributed by atoms with E-state index in [9.17, 15) is 4.21 Å². The first-order valence-electron chi connectivity index (χ1n) is 5.59. The van der Waals surface area contributed by atoms with Gasteiger partial charge in [-0.25, -0.2) is 0 Å². The van der Waals surface area contributed by atoms with E-state index >= 15 is 0 Å². The summed E-state index contributed by atoms with van der Waals surface area (Å²) in [6.07, 6.45) is 3.80. The molecule has 0 aliphatic rings. The Labute approximate surface area is 99.1 Å². The summed E-state index contributed by atoms with van der Waals surface area (Å²) in [6, 6.07) is 7.24. The molecule has 0 bridgehead atoms. The number of hydrogen-bond acceptors (Lipinski definition) is 3. The van der Waals surface area contributed by atoms with Crippen LogP contribution >= 0.6 is 0 Å². The van der Waals surface area contributed by atoms with Gasteiger partial charge in [-0.05, 0) is 31.0 Å². The molecule has 0 amide bonds. The van der Waals surface area contributed by atoms with E-state index in [1.165, 1.54) is 0 Å². The molecule has 4 heteroatoms. The second kappa shape index (κ2) is 7.41. The lowest BCUT2D eigenvalue weighted by atomic mass is 10.2. The topological polar surface area (TPSA) is 63.3 Å². The Morgan fingerprint density at radius 1 is 1.19 bits per heavy atom. The zero-order valence-corrected chi connectivity index (χ0v) is 10.2. The Balaban J connectivity index is 2.30. The fourth-order valence-electron chi connectivity index (χ4n) is 1.47. The molecule has 0 radical (unpaired) electrons. The fraction of sp³-hybridized carbons (Fsp3) is 0.500. The Bertz CT molecular complexity index is 342. The number of anilines is 1. The highest BCUT2D eigenvalue weighted by Gasteiger charge is 2.03.